The van der Waals surface area contributed by atoms with Gasteiger partial charge < -0.3 is 34.5 Å². The molecular formula is C38H53N3O6. The standard InChI is InChI=1S/C38H53N3O6/c1-7-10-24-44-32-21-22-33(35(27-32)45-25-14-23-41(8-2)9-3)39-36(42)34(40-37(43)47-38(4,5)6)26-29-17-19-31(20-18-29)46-28-30-15-12-11-13-16-30/h11-13,15-22,27,34H,7-10,14,23-26,28H2,1-6H3,(H,39,42)(H,40,43)/t34-/m1/s1. The van der Waals surface area contributed by atoms with Crippen molar-refractivity contribution in [3.05, 3.63) is 83.9 Å². The van der Waals surface area contributed by atoms with Crippen LogP contribution < -0.4 is 24.8 Å². The van der Waals surface area contributed by atoms with Crippen LogP contribution in [0.2, 0.25) is 0 Å². The summed E-state index contributed by atoms with van der Waals surface area (Å²) >= 11 is 0. The highest BCUT2D eigenvalue weighted by Crippen LogP contribution is 2.30. The first-order valence-electron chi connectivity index (χ1n) is 16.8. The van der Waals surface area contributed by atoms with E-state index in [0.717, 1.165) is 50.0 Å². The van der Waals surface area contributed by atoms with Crippen LogP contribution in [0.1, 0.15) is 71.9 Å². The van der Waals surface area contributed by atoms with E-state index in [4.69, 9.17) is 18.9 Å². The highest BCUT2D eigenvalue weighted by Gasteiger charge is 2.26. The number of nitrogens with zero attached hydrogens (tertiary/aromatic N) is 1. The number of amides is 2. The average molecular weight is 648 g/mol. The summed E-state index contributed by atoms with van der Waals surface area (Å²) in [6.07, 6.45) is 2.37. The number of ether oxygens (including phenoxy) is 4. The predicted molar refractivity (Wildman–Crippen MR) is 187 cm³/mol. The van der Waals surface area contributed by atoms with E-state index in [0.29, 0.717) is 42.8 Å². The second kappa shape index (κ2) is 19.4. The Labute approximate surface area is 280 Å². The molecule has 0 spiro atoms. The SMILES string of the molecule is CCCCOc1ccc(NC(=O)[C@@H](Cc2ccc(OCc3ccccc3)cc2)NC(=O)OC(C)(C)C)c(OCCCN(CC)CC)c1. The van der Waals surface area contributed by atoms with Gasteiger partial charge in [-0.05, 0) is 82.1 Å². The van der Waals surface area contributed by atoms with Crippen LogP contribution in [0.15, 0.2) is 72.8 Å². The quantitative estimate of drug-likeness (QED) is 0.129. The minimum atomic E-state index is -0.920. The zero-order chi connectivity index (χ0) is 34.1. The monoisotopic (exact) mass is 647 g/mol. The Morgan fingerprint density at radius 3 is 2.13 bits per heavy atom. The van der Waals surface area contributed by atoms with Crippen molar-refractivity contribution in [2.75, 3.05) is 38.2 Å². The molecule has 3 aromatic carbocycles. The van der Waals surface area contributed by atoms with Gasteiger partial charge in [0.25, 0.3) is 0 Å². The van der Waals surface area contributed by atoms with Crippen molar-refractivity contribution in [3.63, 3.8) is 0 Å². The Balaban J connectivity index is 1.75. The predicted octanol–water partition coefficient (Wildman–Crippen LogP) is 7.63. The Bertz CT molecular complexity index is 1350. The lowest BCUT2D eigenvalue weighted by molar-refractivity contribution is -0.118. The fourth-order valence-electron chi connectivity index (χ4n) is 4.74. The smallest absolute Gasteiger partial charge is 0.408 e. The number of benzene rings is 3. The van der Waals surface area contributed by atoms with E-state index in [-0.39, 0.29) is 6.42 Å². The fourth-order valence-corrected chi connectivity index (χ4v) is 4.74. The lowest BCUT2D eigenvalue weighted by Crippen LogP contribution is -2.47. The first kappa shape index (κ1) is 37.2. The zero-order valence-electron chi connectivity index (χ0n) is 29.0. The molecule has 2 N–H and O–H groups in total. The van der Waals surface area contributed by atoms with Crippen LogP contribution in [-0.2, 0) is 22.6 Å². The number of hydrogen-bond acceptors (Lipinski definition) is 7. The van der Waals surface area contributed by atoms with Crippen LogP contribution in [-0.4, -0.2) is 61.4 Å². The highest BCUT2D eigenvalue weighted by molar-refractivity contribution is 5.98. The molecule has 2 amide bonds. The number of rotatable bonds is 19. The highest BCUT2D eigenvalue weighted by atomic mass is 16.6. The molecular weight excluding hydrogens is 594 g/mol. The summed E-state index contributed by atoms with van der Waals surface area (Å²) in [4.78, 5) is 29.0. The van der Waals surface area contributed by atoms with Crippen LogP contribution >= 0.6 is 0 Å². The van der Waals surface area contributed by atoms with E-state index in [1.54, 1.807) is 26.8 Å². The number of nitrogens with one attached hydrogen (secondary N) is 2. The maximum absolute atomic E-state index is 13.8. The molecule has 0 aromatic heterocycles. The second-order valence-electron chi connectivity index (χ2n) is 12.4. The lowest BCUT2D eigenvalue weighted by atomic mass is 10.0. The number of carbonyl (C=O) groups excluding carboxylic acids is 2. The molecule has 0 aliphatic carbocycles. The van der Waals surface area contributed by atoms with Crippen molar-refractivity contribution >= 4 is 17.7 Å². The van der Waals surface area contributed by atoms with Gasteiger partial charge in [0.15, 0.2) is 0 Å². The number of carbonyl (C=O) groups is 2. The van der Waals surface area contributed by atoms with Gasteiger partial charge in [0.1, 0.15) is 35.5 Å². The Morgan fingerprint density at radius 1 is 0.787 bits per heavy atom. The van der Waals surface area contributed by atoms with Crippen molar-refractivity contribution in [3.8, 4) is 17.2 Å². The third-order valence-corrected chi connectivity index (χ3v) is 7.37. The molecule has 47 heavy (non-hydrogen) atoms. The summed E-state index contributed by atoms with van der Waals surface area (Å²) in [6, 6.07) is 21.9. The molecule has 0 heterocycles. The summed E-state index contributed by atoms with van der Waals surface area (Å²) in [7, 11) is 0. The molecule has 3 rings (SSSR count). The van der Waals surface area contributed by atoms with E-state index in [2.05, 4.69) is 36.3 Å². The van der Waals surface area contributed by atoms with Crippen molar-refractivity contribution < 1.29 is 28.5 Å². The van der Waals surface area contributed by atoms with E-state index >= 15 is 0 Å². The van der Waals surface area contributed by atoms with Gasteiger partial charge >= 0.3 is 6.09 Å². The third-order valence-electron chi connectivity index (χ3n) is 7.37. The first-order chi connectivity index (χ1) is 22.6. The van der Waals surface area contributed by atoms with Crippen LogP contribution in [0.5, 0.6) is 17.2 Å². The number of alkyl carbamates (subject to hydrolysis) is 1. The molecule has 3 aromatic rings. The minimum Gasteiger partial charge on any atom is -0.493 e. The average Bonchev–Trinajstić information content (AvgIpc) is 3.05. The summed E-state index contributed by atoms with van der Waals surface area (Å²) in [5, 5.41) is 5.76. The van der Waals surface area contributed by atoms with Gasteiger partial charge in [-0.2, -0.15) is 0 Å². The largest absolute Gasteiger partial charge is 0.493 e. The van der Waals surface area contributed by atoms with Gasteiger partial charge in [0, 0.05) is 19.0 Å². The Morgan fingerprint density at radius 2 is 1.47 bits per heavy atom. The van der Waals surface area contributed by atoms with Gasteiger partial charge in [-0.25, -0.2) is 4.79 Å². The molecule has 0 saturated heterocycles. The zero-order valence-corrected chi connectivity index (χ0v) is 29.0. The number of hydrogen-bond donors (Lipinski definition) is 2. The van der Waals surface area contributed by atoms with Gasteiger partial charge in [-0.1, -0.05) is 69.7 Å². The molecule has 0 aliphatic rings. The van der Waals surface area contributed by atoms with Crippen molar-refractivity contribution in [1.29, 1.82) is 0 Å². The maximum atomic E-state index is 13.8. The van der Waals surface area contributed by atoms with Crippen LogP contribution in [0.25, 0.3) is 0 Å². The molecule has 0 bridgehead atoms. The van der Waals surface area contributed by atoms with Crippen LogP contribution in [0.3, 0.4) is 0 Å². The number of anilines is 1. The Kier molecular flexibility index (Phi) is 15.4. The molecule has 256 valence electrons. The Hall–Kier alpha value is -4.24. The molecule has 0 radical (unpaired) electrons. The molecule has 9 nitrogen and oxygen atoms in total. The lowest BCUT2D eigenvalue weighted by Gasteiger charge is -2.24. The summed E-state index contributed by atoms with van der Waals surface area (Å²) in [5.74, 6) is 1.51. The van der Waals surface area contributed by atoms with E-state index in [1.165, 1.54) is 0 Å². The van der Waals surface area contributed by atoms with Gasteiger partial charge in [0.2, 0.25) is 5.91 Å². The van der Waals surface area contributed by atoms with E-state index in [1.807, 2.05) is 66.7 Å². The normalized spacial score (nSPS) is 11.9. The van der Waals surface area contributed by atoms with Gasteiger partial charge in [0.05, 0.1) is 18.9 Å². The van der Waals surface area contributed by atoms with Crippen molar-refractivity contribution in [1.82, 2.24) is 10.2 Å². The summed E-state index contributed by atoms with van der Waals surface area (Å²) < 4.78 is 23.5. The maximum Gasteiger partial charge on any atom is 0.408 e. The van der Waals surface area contributed by atoms with Crippen LogP contribution in [0.4, 0.5) is 10.5 Å². The summed E-state index contributed by atoms with van der Waals surface area (Å²) in [5.41, 5.74) is 1.70. The van der Waals surface area contributed by atoms with E-state index in [9.17, 15) is 9.59 Å². The van der Waals surface area contributed by atoms with E-state index < -0.39 is 23.6 Å². The van der Waals surface area contributed by atoms with Crippen molar-refractivity contribution in [2.24, 2.45) is 0 Å². The third kappa shape index (κ3) is 14.0. The summed E-state index contributed by atoms with van der Waals surface area (Å²) in [6.45, 7) is 16.2. The van der Waals surface area contributed by atoms with Crippen LogP contribution in [0, 0.1) is 0 Å². The molecule has 9 heteroatoms. The fraction of sp³-hybridized carbons (Fsp3) is 0.474. The van der Waals surface area contributed by atoms with Crippen molar-refractivity contribution in [2.45, 2.75) is 85.5 Å². The topological polar surface area (TPSA) is 98.4 Å². The van der Waals surface area contributed by atoms with Gasteiger partial charge in [-0.3, -0.25) is 4.79 Å². The molecule has 1 atom stereocenters. The molecule has 0 saturated carbocycles. The second-order valence-corrected chi connectivity index (χ2v) is 12.4. The first-order valence-corrected chi connectivity index (χ1v) is 16.8. The number of unbranched alkanes of at least 4 members (excludes halogenated alkanes) is 1. The van der Waals surface area contributed by atoms with Gasteiger partial charge in [-0.15, -0.1) is 0 Å². The molecule has 0 unspecified atom stereocenters. The minimum absolute atomic E-state index is 0.238. The molecule has 0 fully saturated rings. The molecule has 0 aliphatic heterocycles.